The number of piperazine rings is 1. The first-order chi connectivity index (χ1) is 7.03. The van der Waals surface area contributed by atoms with Crippen LogP contribution >= 0.6 is 24.8 Å². The van der Waals surface area contributed by atoms with E-state index < -0.39 is 0 Å². The third-order valence-electron chi connectivity index (χ3n) is 2.94. The van der Waals surface area contributed by atoms with Crippen LogP contribution in [0.1, 0.15) is 27.2 Å². The van der Waals surface area contributed by atoms with E-state index in [1.54, 1.807) is 0 Å². The van der Waals surface area contributed by atoms with Crippen molar-refractivity contribution in [3.8, 4) is 0 Å². The fourth-order valence-corrected chi connectivity index (χ4v) is 1.58. The Bertz CT molecular complexity index is 219. The van der Waals surface area contributed by atoms with Crippen LogP contribution < -0.4 is 10.6 Å². The highest BCUT2D eigenvalue weighted by Gasteiger charge is 2.20. The van der Waals surface area contributed by atoms with Crippen molar-refractivity contribution in [2.75, 3.05) is 32.7 Å². The third-order valence-corrected chi connectivity index (χ3v) is 2.94. The van der Waals surface area contributed by atoms with Gasteiger partial charge in [-0.15, -0.1) is 24.8 Å². The van der Waals surface area contributed by atoms with Crippen LogP contribution in [0.15, 0.2) is 0 Å². The van der Waals surface area contributed by atoms with Gasteiger partial charge >= 0.3 is 0 Å². The minimum atomic E-state index is -0.0783. The third kappa shape index (κ3) is 7.82. The number of hydrogen-bond acceptors (Lipinski definition) is 3. The van der Waals surface area contributed by atoms with Gasteiger partial charge in [0.15, 0.2) is 0 Å². The summed E-state index contributed by atoms with van der Waals surface area (Å²) < 4.78 is 0. The highest BCUT2D eigenvalue weighted by Crippen LogP contribution is 2.06. The van der Waals surface area contributed by atoms with Crippen molar-refractivity contribution in [3.63, 3.8) is 0 Å². The Kier molecular flexibility index (Phi) is 10.2. The summed E-state index contributed by atoms with van der Waals surface area (Å²) >= 11 is 0. The molecular formula is C11H25Cl2N3O. The Hall–Kier alpha value is -0.0300. The molecule has 0 atom stereocenters. The van der Waals surface area contributed by atoms with E-state index in [2.05, 4.69) is 36.3 Å². The Morgan fingerprint density at radius 1 is 1.29 bits per heavy atom. The number of nitrogens with zero attached hydrogens (tertiary/aromatic N) is 1. The first kappa shape index (κ1) is 19.3. The Morgan fingerprint density at radius 2 is 1.82 bits per heavy atom. The zero-order valence-corrected chi connectivity index (χ0v) is 12.5. The predicted molar refractivity (Wildman–Crippen MR) is 76.3 cm³/mol. The van der Waals surface area contributed by atoms with Crippen molar-refractivity contribution in [3.05, 3.63) is 0 Å². The molecule has 1 amide bonds. The minimum absolute atomic E-state index is 0. The fourth-order valence-electron chi connectivity index (χ4n) is 1.58. The molecule has 0 aromatic carbocycles. The molecule has 0 saturated carbocycles. The quantitative estimate of drug-likeness (QED) is 0.811. The second-order valence-electron chi connectivity index (χ2n) is 4.81. The van der Waals surface area contributed by atoms with Crippen LogP contribution in [0.25, 0.3) is 0 Å². The van der Waals surface area contributed by atoms with Crippen LogP contribution in [0.4, 0.5) is 0 Å². The van der Waals surface area contributed by atoms with Crippen LogP contribution in [-0.4, -0.2) is 49.1 Å². The zero-order chi connectivity index (χ0) is 11.3. The van der Waals surface area contributed by atoms with Gasteiger partial charge in [-0.25, -0.2) is 0 Å². The maximum Gasteiger partial charge on any atom is 0.234 e. The van der Waals surface area contributed by atoms with Crippen LogP contribution in [0.2, 0.25) is 0 Å². The molecule has 2 N–H and O–H groups in total. The zero-order valence-electron chi connectivity index (χ0n) is 10.9. The average molecular weight is 286 g/mol. The SMILES string of the molecule is CCC(C)(C)NC(=O)CN1CCNCC1.Cl.Cl. The van der Waals surface area contributed by atoms with E-state index in [0.29, 0.717) is 6.54 Å². The molecule has 0 spiro atoms. The van der Waals surface area contributed by atoms with Crippen molar-refractivity contribution >= 4 is 30.7 Å². The maximum atomic E-state index is 11.7. The molecule has 0 radical (unpaired) electrons. The van der Waals surface area contributed by atoms with Crippen LogP contribution in [-0.2, 0) is 4.79 Å². The molecule has 1 heterocycles. The minimum Gasteiger partial charge on any atom is -0.350 e. The van der Waals surface area contributed by atoms with E-state index in [0.717, 1.165) is 32.6 Å². The molecule has 0 aromatic rings. The van der Waals surface area contributed by atoms with Gasteiger partial charge in [0.2, 0.25) is 5.91 Å². The average Bonchev–Trinajstić information content (AvgIpc) is 2.18. The van der Waals surface area contributed by atoms with Crippen molar-refractivity contribution in [1.29, 1.82) is 0 Å². The van der Waals surface area contributed by atoms with Crippen molar-refractivity contribution in [2.45, 2.75) is 32.7 Å². The van der Waals surface area contributed by atoms with Gasteiger partial charge in [0, 0.05) is 31.7 Å². The summed E-state index contributed by atoms with van der Waals surface area (Å²) in [6, 6.07) is 0. The summed E-state index contributed by atoms with van der Waals surface area (Å²) in [6.45, 7) is 10.7. The highest BCUT2D eigenvalue weighted by molar-refractivity contribution is 5.85. The van der Waals surface area contributed by atoms with Gasteiger partial charge in [0.05, 0.1) is 6.54 Å². The molecule has 1 aliphatic heterocycles. The monoisotopic (exact) mass is 285 g/mol. The highest BCUT2D eigenvalue weighted by atomic mass is 35.5. The van der Waals surface area contributed by atoms with Crippen LogP contribution in [0, 0.1) is 0 Å². The largest absolute Gasteiger partial charge is 0.350 e. The van der Waals surface area contributed by atoms with E-state index in [-0.39, 0.29) is 36.3 Å². The molecule has 6 heteroatoms. The first-order valence-electron chi connectivity index (χ1n) is 5.77. The lowest BCUT2D eigenvalue weighted by Crippen LogP contribution is -2.51. The molecule has 104 valence electrons. The number of carbonyl (C=O) groups excluding carboxylic acids is 1. The summed E-state index contributed by atoms with van der Waals surface area (Å²) in [5.74, 6) is 0.142. The predicted octanol–water partition coefficient (Wildman–Crippen LogP) is 1.04. The van der Waals surface area contributed by atoms with Gasteiger partial charge in [0.1, 0.15) is 0 Å². The summed E-state index contributed by atoms with van der Waals surface area (Å²) in [4.78, 5) is 13.9. The maximum absolute atomic E-state index is 11.7. The number of halogens is 2. The fraction of sp³-hybridized carbons (Fsp3) is 0.909. The van der Waals surface area contributed by atoms with Crippen LogP contribution in [0.5, 0.6) is 0 Å². The Morgan fingerprint density at radius 3 is 2.29 bits per heavy atom. The summed E-state index contributed by atoms with van der Waals surface area (Å²) in [6.07, 6.45) is 0.959. The Labute approximate surface area is 117 Å². The molecular weight excluding hydrogens is 261 g/mol. The molecule has 0 unspecified atom stereocenters. The summed E-state index contributed by atoms with van der Waals surface area (Å²) in [5, 5.41) is 6.33. The van der Waals surface area contributed by atoms with Crippen molar-refractivity contribution in [2.24, 2.45) is 0 Å². The van der Waals surface area contributed by atoms with Gasteiger partial charge in [-0.3, -0.25) is 9.69 Å². The van der Waals surface area contributed by atoms with Gasteiger partial charge in [-0.1, -0.05) is 6.92 Å². The van der Waals surface area contributed by atoms with E-state index in [1.165, 1.54) is 0 Å². The van der Waals surface area contributed by atoms with Gasteiger partial charge in [-0.2, -0.15) is 0 Å². The molecule has 1 rings (SSSR count). The Balaban J connectivity index is 0. The van der Waals surface area contributed by atoms with Crippen molar-refractivity contribution in [1.82, 2.24) is 15.5 Å². The second kappa shape index (κ2) is 8.97. The normalized spacial score (nSPS) is 16.6. The number of amides is 1. The van der Waals surface area contributed by atoms with Crippen LogP contribution in [0.3, 0.4) is 0 Å². The second-order valence-corrected chi connectivity index (χ2v) is 4.81. The lowest BCUT2D eigenvalue weighted by molar-refractivity contribution is -0.124. The topological polar surface area (TPSA) is 44.4 Å². The lowest BCUT2D eigenvalue weighted by atomic mass is 10.0. The van der Waals surface area contributed by atoms with Gasteiger partial charge in [-0.05, 0) is 20.3 Å². The van der Waals surface area contributed by atoms with E-state index in [1.807, 2.05) is 0 Å². The summed E-state index contributed by atoms with van der Waals surface area (Å²) in [5.41, 5.74) is -0.0783. The molecule has 0 aliphatic carbocycles. The molecule has 1 saturated heterocycles. The molecule has 1 aliphatic rings. The van der Waals surface area contributed by atoms with E-state index in [9.17, 15) is 4.79 Å². The lowest BCUT2D eigenvalue weighted by Gasteiger charge is -2.29. The molecule has 0 aromatic heterocycles. The smallest absolute Gasteiger partial charge is 0.234 e. The molecule has 4 nitrogen and oxygen atoms in total. The summed E-state index contributed by atoms with van der Waals surface area (Å²) in [7, 11) is 0. The standard InChI is InChI=1S/C11H23N3O.2ClH/c1-4-11(2,3)13-10(15)9-14-7-5-12-6-8-14;;/h12H,4-9H2,1-3H3,(H,13,15);2*1H. The molecule has 0 bridgehead atoms. The van der Waals surface area contributed by atoms with E-state index >= 15 is 0 Å². The van der Waals surface area contributed by atoms with Gasteiger partial charge < -0.3 is 10.6 Å². The number of nitrogens with one attached hydrogen (secondary N) is 2. The van der Waals surface area contributed by atoms with Crippen molar-refractivity contribution < 1.29 is 4.79 Å². The van der Waals surface area contributed by atoms with E-state index in [4.69, 9.17) is 0 Å². The number of carbonyl (C=O) groups is 1. The first-order valence-corrected chi connectivity index (χ1v) is 5.77. The van der Waals surface area contributed by atoms with Gasteiger partial charge in [0.25, 0.3) is 0 Å². The number of rotatable bonds is 4. The molecule has 1 fully saturated rings. The number of hydrogen-bond donors (Lipinski definition) is 2. The molecule has 17 heavy (non-hydrogen) atoms.